The smallest absolute Gasteiger partial charge is 0.00948 e. The van der Waals surface area contributed by atoms with E-state index in [-0.39, 0.29) is 0 Å². The van der Waals surface area contributed by atoms with E-state index in [9.17, 15) is 0 Å². The Morgan fingerprint density at radius 2 is 2.20 bits per heavy atom. The van der Waals surface area contributed by atoms with Gasteiger partial charge in [0.1, 0.15) is 0 Å². The molecule has 2 aliphatic rings. The van der Waals surface area contributed by atoms with Gasteiger partial charge in [-0.2, -0.15) is 0 Å². The highest BCUT2D eigenvalue weighted by atomic mass is 14.1. The SMILES string of the molecule is C1=CCC2=CCCCC2=C1. The first-order valence-electron chi connectivity index (χ1n) is 4.02. The molecule has 0 unspecified atom stereocenters. The lowest BCUT2D eigenvalue weighted by Gasteiger charge is -2.17. The Labute approximate surface area is 61.9 Å². The van der Waals surface area contributed by atoms with Crippen molar-refractivity contribution >= 4 is 0 Å². The first kappa shape index (κ1) is 5.96. The van der Waals surface area contributed by atoms with Crippen molar-refractivity contribution in [2.45, 2.75) is 25.7 Å². The summed E-state index contributed by atoms with van der Waals surface area (Å²) in [7, 11) is 0. The van der Waals surface area contributed by atoms with Crippen molar-refractivity contribution in [3.05, 3.63) is 35.5 Å². The molecule has 0 fully saturated rings. The van der Waals surface area contributed by atoms with E-state index in [1.54, 1.807) is 11.1 Å². The Hall–Kier alpha value is -0.780. The second-order valence-electron chi connectivity index (χ2n) is 2.95. The Balaban J connectivity index is 2.32. The normalized spacial score (nSPS) is 23.2. The molecule has 0 heteroatoms. The van der Waals surface area contributed by atoms with Crippen LogP contribution < -0.4 is 0 Å². The van der Waals surface area contributed by atoms with Crippen LogP contribution in [0, 0.1) is 0 Å². The van der Waals surface area contributed by atoms with Crippen molar-refractivity contribution in [1.82, 2.24) is 0 Å². The van der Waals surface area contributed by atoms with Crippen LogP contribution >= 0.6 is 0 Å². The van der Waals surface area contributed by atoms with E-state index in [0.29, 0.717) is 0 Å². The predicted octanol–water partition coefficient (Wildman–Crippen LogP) is 2.98. The van der Waals surface area contributed by atoms with Gasteiger partial charge in [0.15, 0.2) is 0 Å². The second kappa shape index (κ2) is 2.45. The number of allylic oxidation sites excluding steroid dienone is 6. The van der Waals surface area contributed by atoms with Crippen molar-refractivity contribution in [1.29, 1.82) is 0 Å². The maximum Gasteiger partial charge on any atom is -0.00948 e. The molecule has 0 heterocycles. The largest absolute Gasteiger partial charge is 0.0807 e. The molecule has 52 valence electrons. The van der Waals surface area contributed by atoms with Gasteiger partial charge in [-0.25, -0.2) is 0 Å². The van der Waals surface area contributed by atoms with E-state index in [4.69, 9.17) is 0 Å². The third-order valence-electron chi connectivity index (χ3n) is 2.22. The van der Waals surface area contributed by atoms with Crippen LogP contribution in [0.3, 0.4) is 0 Å². The molecule has 10 heavy (non-hydrogen) atoms. The zero-order valence-corrected chi connectivity index (χ0v) is 6.14. The van der Waals surface area contributed by atoms with Gasteiger partial charge in [0.25, 0.3) is 0 Å². The van der Waals surface area contributed by atoms with Crippen LogP contribution in [-0.4, -0.2) is 0 Å². The van der Waals surface area contributed by atoms with Crippen molar-refractivity contribution in [2.24, 2.45) is 0 Å². The molecule has 0 aliphatic heterocycles. The van der Waals surface area contributed by atoms with E-state index < -0.39 is 0 Å². The molecule has 0 radical (unpaired) electrons. The van der Waals surface area contributed by atoms with Gasteiger partial charge in [-0.1, -0.05) is 24.3 Å². The Kier molecular flexibility index (Phi) is 1.46. The summed E-state index contributed by atoms with van der Waals surface area (Å²) in [5.41, 5.74) is 3.16. The fourth-order valence-electron chi connectivity index (χ4n) is 1.64. The van der Waals surface area contributed by atoms with Crippen LogP contribution in [0.25, 0.3) is 0 Å². The maximum atomic E-state index is 2.39. The van der Waals surface area contributed by atoms with Gasteiger partial charge >= 0.3 is 0 Å². The van der Waals surface area contributed by atoms with Gasteiger partial charge in [0, 0.05) is 0 Å². The first-order valence-corrected chi connectivity index (χ1v) is 4.02. The summed E-state index contributed by atoms with van der Waals surface area (Å²) in [6, 6.07) is 0. The Morgan fingerprint density at radius 1 is 1.20 bits per heavy atom. The standard InChI is InChI=1S/C10H12/c1-2-6-10-8-4-3-7-9(10)5-1/h1-2,5,8H,3-4,6-7H2. The van der Waals surface area contributed by atoms with Crippen molar-refractivity contribution in [3.8, 4) is 0 Å². The zero-order chi connectivity index (χ0) is 6.81. The van der Waals surface area contributed by atoms with E-state index >= 15 is 0 Å². The highest BCUT2D eigenvalue weighted by molar-refractivity contribution is 5.40. The van der Waals surface area contributed by atoms with Crippen LogP contribution in [0.5, 0.6) is 0 Å². The molecule has 0 bridgehead atoms. The van der Waals surface area contributed by atoms with Gasteiger partial charge in [0.05, 0.1) is 0 Å². The maximum absolute atomic E-state index is 2.39. The number of hydrogen-bond acceptors (Lipinski definition) is 0. The third kappa shape index (κ3) is 0.942. The van der Waals surface area contributed by atoms with Gasteiger partial charge in [-0.15, -0.1) is 0 Å². The summed E-state index contributed by atoms with van der Waals surface area (Å²) in [5, 5.41) is 0. The van der Waals surface area contributed by atoms with E-state index in [1.165, 1.54) is 25.7 Å². The highest BCUT2D eigenvalue weighted by Crippen LogP contribution is 2.28. The summed E-state index contributed by atoms with van der Waals surface area (Å²) in [6.07, 6.45) is 14.2. The first-order chi connectivity index (χ1) is 4.97. The Morgan fingerprint density at radius 3 is 3.10 bits per heavy atom. The van der Waals surface area contributed by atoms with Crippen molar-refractivity contribution in [3.63, 3.8) is 0 Å². The summed E-state index contributed by atoms with van der Waals surface area (Å²) in [6.45, 7) is 0. The summed E-state index contributed by atoms with van der Waals surface area (Å²) >= 11 is 0. The lowest BCUT2D eigenvalue weighted by molar-refractivity contribution is 0.789. The fourth-order valence-corrected chi connectivity index (χ4v) is 1.64. The molecule has 0 aromatic carbocycles. The number of rotatable bonds is 0. The summed E-state index contributed by atoms with van der Waals surface area (Å²) < 4.78 is 0. The molecule has 0 aromatic heterocycles. The van der Waals surface area contributed by atoms with Crippen LogP contribution in [0.4, 0.5) is 0 Å². The van der Waals surface area contributed by atoms with Crippen LogP contribution in [-0.2, 0) is 0 Å². The number of hydrogen-bond donors (Lipinski definition) is 0. The van der Waals surface area contributed by atoms with Crippen molar-refractivity contribution in [2.75, 3.05) is 0 Å². The topological polar surface area (TPSA) is 0 Å². The second-order valence-corrected chi connectivity index (χ2v) is 2.95. The molecule has 0 amide bonds. The highest BCUT2D eigenvalue weighted by Gasteiger charge is 2.09. The average Bonchev–Trinajstić information content (AvgIpc) is 2.05. The third-order valence-corrected chi connectivity index (χ3v) is 2.22. The molecular weight excluding hydrogens is 120 g/mol. The summed E-state index contributed by atoms with van der Waals surface area (Å²) in [5.74, 6) is 0. The Bertz CT molecular complexity index is 216. The van der Waals surface area contributed by atoms with Crippen LogP contribution in [0.2, 0.25) is 0 Å². The number of fused-ring (bicyclic) bond motifs is 1. The molecule has 0 atom stereocenters. The monoisotopic (exact) mass is 132 g/mol. The molecule has 0 saturated heterocycles. The molecule has 0 saturated carbocycles. The van der Waals surface area contributed by atoms with E-state index in [2.05, 4.69) is 24.3 Å². The van der Waals surface area contributed by atoms with Gasteiger partial charge in [0.2, 0.25) is 0 Å². The minimum Gasteiger partial charge on any atom is -0.0807 e. The molecule has 2 aliphatic carbocycles. The van der Waals surface area contributed by atoms with Crippen LogP contribution in [0.1, 0.15) is 25.7 Å². The zero-order valence-electron chi connectivity index (χ0n) is 6.14. The van der Waals surface area contributed by atoms with Crippen molar-refractivity contribution < 1.29 is 0 Å². The molecule has 2 rings (SSSR count). The minimum absolute atomic E-state index is 1.17. The van der Waals surface area contributed by atoms with Gasteiger partial charge < -0.3 is 0 Å². The minimum atomic E-state index is 1.17. The van der Waals surface area contributed by atoms with Crippen LogP contribution in [0.15, 0.2) is 35.5 Å². The molecule has 0 spiro atoms. The quantitative estimate of drug-likeness (QED) is 0.475. The van der Waals surface area contributed by atoms with Gasteiger partial charge in [-0.3, -0.25) is 0 Å². The molecule has 0 nitrogen and oxygen atoms in total. The molecular formula is C10H12. The van der Waals surface area contributed by atoms with Gasteiger partial charge in [-0.05, 0) is 36.8 Å². The van der Waals surface area contributed by atoms with E-state index in [0.717, 1.165) is 0 Å². The fraction of sp³-hybridized carbons (Fsp3) is 0.400. The van der Waals surface area contributed by atoms with E-state index in [1.807, 2.05) is 0 Å². The predicted molar refractivity (Wildman–Crippen MR) is 43.8 cm³/mol. The lowest BCUT2D eigenvalue weighted by Crippen LogP contribution is -1.97. The molecule has 0 N–H and O–H groups in total. The lowest BCUT2D eigenvalue weighted by atomic mass is 9.89. The average molecular weight is 132 g/mol. The molecule has 0 aromatic rings. The summed E-state index contributed by atoms with van der Waals surface area (Å²) in [4.78, 5) is 0.